The van der Waals surface area contributed by atoms with Crippen LogP contribution in [0.3, 0.4) is 0 Å². The molecule has 0 radical (unpaired) electrons. The molecule has 0 saturated carbocycles. The molecule has 0 aliphatic carbocycles. The molecule has 21 heavy (non-hydrogen) atoms. The highest BCUT2D eigenvalue weighted by atomic mass is 16.5. The lowest BCUT2D eigenvalue weighted by Gasteiger charge is -2.20. The Balaban J connectivity index is 1.89. The summed E-state index contributed by atoms with van der Waals surface area (Å²) in [6, 6.07) is 8.85. The second-order valence-corrected chi connectivity index (χ2v) is 5.85. The van der Waals surface area contributed by atoms with Gasteiger partial charge in [0.15, 0.2) is 0 Å². The van der Waals surface area contributed by atoms with Crippen molar-refractivity contribution in [2.75, 3.05) is 20.3 Å². The van der Waals surface area contributed by atoms with Gasteiger partial charge in [0.05, 0.1) is 13.2 Å². The molecule has 1 aliphatic heterocycles. The van der Waals surface area contributed by atoms with Crippen molar-refractivity contribution >= 4 is 0 Å². The Bertz CT molecular complexity index is 402. The summed E-state index contributed by atoms with van der Waals surface area (Å²) < 4.78 is 11.1. The number of methoxy groups -OCH3 is 1. The van der Waals surface area contributed by atoms with Crippen LogP contribution in [0.4, 0.5) is 0 Å². The highest BCUT2D eigenvalue weighted by Gasteiger charge is 2.17. The molecule has 118 valence electrons. The summed E-state index contributed by atoms with van der Waals surface area (Å²) in [5.41, 5.74) is 1.33. The second kappa shape index (κ2) is 9.06. The van der Waals surface area contributed by atoms with Crippen LogP contribution in [-0.4, -0.2) is 26.4 Å². The van der Waals surface area contributed by atoms with Gasteiger partial charge in [-0.3, -0.25) is 0 Å². The molecule has 1 aromatic rings. The van der Waals surface area contributed by atoms with Gasteiger partial charge in [0.25, 0.3) is 0 Å². The third-order valence-electron chi connectivity index (χ3n) is 4.18. The Morgan fingerprint density at radius 3 is 3.05 bits per heavy atom. The molecule has 1 heterocycles. The molecule has 0 amide bonds. The van der Waals surface area contributed by atoms with E-state index in [1.54, 1.807) is 7.11 Å². The molecule has 1 saturated heterocycles. The van der Waals surface area contributed by atoms with E-state index in [-0.39, 0.29) is 0 Å². The molecule has 2 rings (SSSR count). The summed E-state index contributed by atoms with van der Waals surface area (Å²) in [5, 5.41) is 3.67. The van der Waals surface area contributed by atoms with E-state index in [2.05, 4.69) is 30.4 Å². The average molecular weight is 291 g/mol. The molecule has 1 N–H and O–H groups in total. The van der Waals surface area contributed by atoms with Gasteiger partial charge in [-0.2, -0.15) is 0 Å². The monoisotopic (exact) mass is 291 g/mol. The van der Waals surface area contributed by atoms with Crippen molar-refractivity contribution in [2.45, 2.75) is 57.6 Å². The maximum absolute atomic E-state index is 5.72. The average Bonchev–Trinajstić information content (AvgIpc) is 3.04. The first-order valence-electron chi connectivity index (χ1n) is 8.32. The van der Waals surface area contributed by atoms with Crippen molar-refractivity contribution in [3.05, 3.63) is 29.8 Å². The van der Waals surface area contributed by atoms with Crippen LogP contribution in [0.25, 0.3) is 0 Å². The van der Waals surface area contributed by atoms with E-state index in [1.807, 2.05) is 6.07 Å². The lowest BCUT2D eigenvalue weighted by Crippen LogP contribution is -2.22. The second-order valence-electron chi connectivity index (χ2n) is 5.85. The number of rotatable bonds is 9. The number of nitrogens with one attached hydrogen (secondary N) is 1. The molecule has 0 bridgehead atoms. The Kier molecular flexibility index (Phi) is 7.04. The standard InChI is InChI=1S/C18H29NO2/c1-3-12-19-18(11-5-8-16-10-6-13-21-16)15-7-4-9-17(14-15)20-2/h4,7,9,14,16,18-19H,3,5-6,8,10-13H2,1-2H3. The Labute approximate surface area is 129 Å². The Morgan fingerprint density at radius 1 is 1.43 bits per heavy atom. The van der Waals surface area contributed by atoms with Crippen molar-refractivity contribution < 1.29 is 9.47 Å². The SMILES string of the molecule is CCCNC(CCCC1CCCO1)c1cccc(OC)c1. The molecule has 3 heteroatoms. The lowest BCUT2D eigenvalue weighted by atomic mass is 9.99. The van der Waals surface area contributed by atoms with Crippen LogP contribution in [0.1, 0.15) is 57.1 Å². The summed E-state index contributed by atoms with van der Waals surface area (Å²) in [7, 11) is 1.73. The molecule has 2 unspecified atom stereocenters. The topological polar surface area (TPSA) is 30.5 Å². The van der Waals surface area contributed by atoms with Crippen LogP contribution in [0.2, 0.25) is 0 Å². The minimum atomic E-state index is 0.418. The van der Waals surface area contributed by atoms with E-state index >= 15 is 0 Å². The molecule has 1 aromatic carbocycles. The van der Waals surface area contributed by atoms with E-state index in [0.29, 0.717) is 12.1 Å². The maximum atomic E-state index is 5.72. The number of benzene rings is 1. The van der Waals surface area contributed by atoms with Gasteiger partial charge in [0, 0.05) is 12.6 Å². The van der Waals surface area contributed by atoms with Gasteiger partial charge in [0.2, 0.25) is 0 Å². The van der Waals surface area contributed by atoms with Crippen LogP contribution in [0.5, 0.6) is 5.75 Å². The number of ether oxygens (including phenoxy) is 2. The number of hydrogen-bond acceptors (Lipinski definition) is 3. The van der Waals surface area contributed by atoms with Crippen molar-refractivity contribution in [3.8, 4) is 5.75 Å². The van der Waals surface area contributed by atoms with E-state index in [4.69, 9.17) is 9.47 Å². The first kappa shape index (κ1) is 16.3. The van der Waals surface area contributed by atoms with E-state index < -0.39 is 0 Å². The molecule has 1 aliphatic rings. The summed E-state index contributed by atoms with van der Waals surface area (Å²) in [5.74, 6) is 0.940. The molecular formula is C18H29NO2. The largest absolute Gasteiger partial charge is 0.497 e. The van der Waals surface area contributed by atoms with Crippen LogP contribution in [-0.2, 0) is 4.74 Å². The number of hydrogen-bond donors (Lipinski definition) is 1. The van der Waals surface area contributed by atoms with Crippen molar-refractivity contribution in [1.82, 2.24) is 5.32 Å². The summed E-state index contributed by atoms with van der Waals surface area (Å²) in [6.07, 6.45) is 7.70. The van der Waals surface area contributed by atoms with Crippen molar-refractivity contribution in [2.24, 2.45) is 0 Å². The molecule has 0 spiro atoms. The van der Waals surface area contributed by atoms with Gasteiger partial charge in [-0.05, 0) is 62.8 Å². The lowest BCUT2D eigenvalue weighted by molar-refractivity contribution is 0.101. The Hall–Kier alpha value is -1.06. The van der Waals surface area contributed by atoms with Gasteiger partial charge >= 0.3 is 0 Å². The van der Waals surface area contributed by atoms with Gasteiger partial charge in [0.1, 0.15) is 5.75 Å². The zero-order valence-corrected chi connectivity index (χ0v) is 13.4. The first-order valence-corrected chi connectivity index (χ1v) is 8.32. The highest BCUT2D eigenvalue weighted by molar-refractivity contribution is 5.30. The normalized spacial score (nSPS) is 19.6. The predicted molar refractivity (Wildman–Crippen MR) is 86.9 cm³/mol. The van der Waals surface area contributed by atoms with Gasteiger partial charge in [-0.1, -0.05) is 19.1 Å². The smallest absolute Gasteiger partial charge is 0.119 e. The fourth-order valence-corrected chi connectivity index (χ4v) is 2.99. The van der Waals surface area contributed by atoms with Gasteiger partial charge in [-0.25, -0.2) is 0 Å². The zero-order chi connectivity index (χ0) is 14.9. The summed E-state index contributed by atoms with van der Waals surface area (Å²) >= 11 is 0. The zero-order valence-electron chi connectivity index (χ0n) is 13.4. The summed E-state index contributed by atoms with van der Waals surface area (Å²) in [4.78, 5) is 0. The highest BCUT2D eigenvalue weighted by Crippen LogP contribution is 2.25. The van der Waals surface area contributed by atoms with Gasteiger partial charge < -0.3 is 14.8 Å². The van der Waals surface area contributed by atoms with Crippen LogP contribution in [0.15, 0.2) is 24.3 Å². The molecule has 0 aromatic heterocycles. The maximum Gasteiger partial charge on any atom is 0.119 e. The molecule has 3 nitrogen and oxygen atoms in total. The third-order valence-corrected chi connectivity index (χ3v) is 4.18. The molecule has 1 fully saturated rings. The predicted octanol–water partition coefficient (Wildman–Crippen LogP) is 4.09. The molecular weight excluding hydrogens is 262 g/mol. The van der Waals surface area contributed by atoms with E-state index in [1.165, 1.54) is 31.2 Å². The van der Waals surface area contributed by atoms with E-state index in [9.17, 15) is 0 Å². The summed E-state index contributed by atoms with van der Waals surface area (Å²) in [6.45, 7) is 4.22. The van der Waals surface area contributed by atoms with Crippen molar-refractivity contribution in [1.29, 1.82) is 0 Å². The quantitative estimate of drug-likeness (QED) is 0.743. The van der Waals surface area contributed by atoms with Gasteiger partial charge in [-0.15, -0.1) is 0 Å². The fourth-order valence-electron chi connectivity index (χ4n) is 2.99. The molecule has 2 atom stereocenters. The van der Waals surface area contributed by atoms with Crippen LogP contribution in [0, 0.1) is 0 Å². The van der Waals surface area contributed by atoms with Crippen molar-refractivity contribution in [3.63, 3.8) is 0 Å². The minimum Gasteiger partial charge on any atom is -0.497 e. The van der Waals surface area contributed by atoms with E-state index in [0.717, 1.165) is 31.7 Å². The third kappa shape index (κ3) is 5.33. The van der Waals surface area contributed by atoms with Crippen LogP contribution >= 0.6 is 0 Å². The first-order chi connectivity index (χ1) is 10.3. The minimum absolute atomic E-state index is 0.418. The Morgan fingerprint density at radius 2 is 2.33 bits per heavy atom. The fraction of sp³-hybridized carbons (Fsp3) is 0.667. The van der Waals surface area contributed by atoms with Crippen LogP contribution < -0.4 is 10.1 Å².